The fourth-order valence-corrected chi connectivity index (χ4v) is 1.20. The molecule has 1 atom stereocenters. The summed E-state index contributed by atoms with van der Waals surface area (Å²) >= 11 is 0. The number of nitrogen functional groups attached to an aromatic ring is 1. The van der Waals surface area contributed by atoms with Gasteiger partial charge in [-0.2, -0.15) is 9.88 Å². The van der Waals surface area contributed by atoms with Gasteiger partial charge in [0, 0.05) is 6.20 Å². The highest BCUT2D eigenvalue weighted by atomic mass is 31.1. The maximum absolute atomic E-state index is 11.2. The summed E-state index contributed by atoms with van der Waals surface area (Å²) in [5.41, 5.74) is 4.83. The minimum absolute atomic E-state index is 0.163. The summed E-state index contributed by atoms with van der Waals surface area (Å²) in [6.45, 7) is 0.447. The Morgan fingerprint density at radius 1 is 1.67 bits per heavy atom. The lowest BCUT2D eigenvalue weighted by molar-refractivity contribution is 0.161. The van der Waals surface area contributed by atoms with Crippen LogP contribution in [0.3, 0.4) is 0 Å². The minimum Gasteiger partial charge on any atom is -0.383 e. The van der Waals surface area contributed by atoms with Gasteiger partial charge in [-0.15, -0.1) is 0 Å². The third-order valence-corrected chi connectivity index (χ3v) is 1.98. The van der Waals surface area contributed by atoms with Crippen LogP contribution in [0.15, 0.2) is 17.1 Å². The van der Waals surface area contributed by atoms with Crippen LogP contribution in [0.1, 0.15) is 0 Å². The van der Waals surface area contributed by atoms with E-state index in [1.807, 2.05) is 0 Å². The van der Waals surface area contributed by atoms with E-state index < -0.39 is 13.7 Å². The SMILES string of the molecule is Nc1ccn(CCOC[P+](=O)O)c(=O)n1. The molecule has 0 saturated heterocycles. The van der Waals surface area contributed by atoms with Gasteiger partial charge in [0.25, 0.3) is 6.35 Å². The zero-order valence-corrected chi connectivity index (χ0v) is 8.76. The maximum Gasteiger partial charge on any atom is 0.534 e. The van der Waals surface area contributed by atoms with E-state index in [2.05, 4.69) is 4.98 Å². The van der Waals surface area contributed by atoms with Crippen LogP contribution in [-0.4, -0.2) is 27.4 Å². The van der Waals surface area contributed by atoms with Crippen LogP contribution in [0.5, 0.6) is 0 Å². The van der Waals surface area contributed by atoms with E-state index in [1.54, 1.807) is 0 Å². The third kappa shape index (κ3) is 4.16. The molecular formula is C7H11N3O4P+. The molecule has 0 bridgehead atoms. The molecule has 0 aliphatic carbocycles. The van der Waals surface area contributed by atoms with Gasteiger partial charge in [-0.3, -0.25) is 4.57 Å². The zero-order valence-electron chi connectivity index (χ0n) is 7.87. The molecule has 8 heteroatoms. The fraction of sp³-hybridized carbons (Fsp3) is 0.429. The summed E-state index contributed by atoms with van der Waals surface area (Å²) in [5.74, 6) is 0.163. The van der Waals surface area contributed by atoms with Gasteiger partial charge in [-0.05, 0) is 10.6 Å². The molecule has 3 N–H and O–H groups in total. The van der Waals surface area contributed by atoms with Crippen molar-refractivity contribution in [3.63, 3.8) is 0 Å². The lowest BCUT2D eigenvalue weighted by Gasteiger charge is -2.02. The second kappa shape index (κ2) is 5.55. The summed E-state index contributed by atoms with van der Waals surface area (Å²) in [5, 5.41) is 0. The lowest BCUT2D eigenvalue weighted by Crippen LogP contribution is -2.24. The molecule has 0 saturated carbocycles. The number of ether oxygens (including phenoxy) is 1. The molecule has 1 aromatic heterocycles. The number of hydrogen-bond donors (Lipinski definition) is 2. The summed E-state index contributed by atoms with van der Waals surface area (Å²) in [6, 6.07) is 1.49. The molecule has 7 nitrogen and oxygen atoms in total. The van der Waals surface area contributed by atoms with Gasteiger partial charge in [0.2, 0.25) is 0 Å². The van der Waals surface area contributed by atoms with Crippen molar-refractivity contribution >= 4 is 13.8 Å². The monoisotopic (exact) mass is 232 g/mol. The highest BCUT2D eigenvalue weighted by molar-refractivity contribution is 7.37. The molecule has 0 amide bonds. The second-order valence-corrected chi connectivity index (χ2v) is 3.68. The minimum atomic E-state index is -2.29. The quantitative estimate of drug-likeness (QED) is 0.525. The van der Waals surface area contributed by atoms with E-state index >= 15 is 0 Å². The Bertz CT molecular complexity index is 405. The molecule has 1 aromatic rings. The molecule has 0 aliphatic rings. The molecule has 82 valence electrons. The summed E-state index contributed by atoms with van der Waals surface area (Å²) in [4.78, 5) is 23.1. The topological polar surface area (TPSA) is 107 Å². The molecule has 0 spiro atoms. The average Bonchev–Trinajstić information content (AvgIpc) is 2.14. The molecule has 0 aliphatic heterocycles. The largest absolute Gasteiger partial charge is 0.534 e. The second-order valence-electron chi connectivity index (χ2n) is 2.72. The van der Waals surface area contributed by atoms with Crippen LogP contribution in [0.25, 0.3) is 0 Å². The molecule has 1 heterocycles. The number of anilines is 1. The number of nitrogens with two attached hydrogens (primary N) is 1. The van der Waals surface area contributed by atoms with Crippen LogP contribution in [-0.2, 0) is 15.8 Å². The highest BCUT2D eigenvalue weighted by Gasteiger charge is 2.08. The zero-order chi connectivity index (χ0) is 11.3. The standard InChI is InChI=1S/C7H10N3O4P/c8-6-1-2-10(7(11)9-6)3-4-14-5-15(12)13/h1-2H,3-5H2,(H2-,8,9,11,12,13)/p+1. The Morgan fingerprint density at radius 3 is 3.00 bits per heavy atom. The van der Waals surface area contributed by atoms with Crippen LogP contribution in [0.2, 0.25) is 0 Å². The highest BCUT2D eigenvalue weighted by Crippen LogP contribution is 2.11. The molecular weight excluding hydrogens is 221 g/mol. The molecule has 0 aromatic carbocycles. The molecule has 15 heavy (non-hydrogen) atoms. The van der Waals surface area contributed by atoms with Crippen molar-refractivity contribution in [1.29, 1.82) is 0 Å². The Kier molecular flexibility index (Phi) is 4.36. The Labute approximate surface area is 86.4 Å². The summed E-state index contributed by atoms with van der Waals surface area (Å²) < 4.78 is 16.4. The molecule has 0 radical (unpaired) electrons. The van der Waals surface area contributed by atoms with Crippen LogP contribution in [0, 0.1) is 0 Å². The van der Waals surface area contributed by atoms with E-state index in [-0.39, 0.29) is 25.3 Å². The Morgan fingerprint density at radius 2 is 2.40 bits per heavy atom. The predicted molar refractivity (Wildman–Crippen MR) is 53.6 cm³/mol. The number of rotatable bonds is 5. The predicted octanol–water partition coefficient (Wildman–Crippen LogP) is -0.466. The molecule has 1 rings (SSSR count). The van der Waals surface area contributed by atoms with Crippen molar-refractivity contribution in [2.24, 2.45) is 0 Å². The number of nitrogens with zero attached hydrogens (tertiary/aromatic N) is 2. The van der Waals surface area contributed by atoms with E-state index in [4.69, 9.17) is 15.4 Å². The van der Waals surface area contributed by atoms with Crippen molar-refractivity contribution in [3.05, 3.63) is 22.7 Å². The van der Waals surface area contributed by atoms with E-state index in [9.17, 15) is 9.36 Å². The smallest absolute Gasteiger partial charge is 0.383 e. The van der Waals surface area contributed by atoms with Gasteiger partial charge in [0.15, 0.2) is 0 Å². The first-order chi connectivity index (χ1) is 7.09. The van der Waals surface area contributed by atoms with Crippen LogP contribution in [0.4, 0.5) is 5.82 Å². The average molecular weight is 232 g/mol. The van der Waals surface area contributed by atoms with Gasteiger partial charge in [0.05, 0.1) is 13.2 Å². The first-order valence-corrected chi connectivity index (χ1v) is 5.53. The number of aromatic nitrogens is 2. The van der Waals surface area contributed by atoms with Crippen LogP contribution < -0.4 is 11.4 Å². The Balaban J connectivity index is 2.44. The maximum atomic E-state index is 11.2. The van der Waals surface area contributed by atoms with E-state index in [0.29, 0.717) is 0 Å². The van der Waals surface area contributed by atoms with E-state index in [1.165, 1.54) is 16.8 Å². The molecule has 0 fully saturated rings. The number of hydrogen-bond acceptors (Lipinski definition) is 5. The van der Waals surface area contributed by atoms with Crippen molar-refractivity contribution < 1.29 is 14.2 Å². The van der Waals surface area contributed by atoms with Crippen molar-refractivity contribution in [2.45, 2.75) is 6.54 Å². The van der Waals surface area contributed by atoms with Gasteiger partial charge in [0.1, 0.15) is 5.82 Å². The third-order valence-electron chi connectivity index (χ3n) is 1.57. The summed E-state index contributed by atoms with van der Waals surface area (Å²) in [6.07, 6.45) is 1.26. The van der Waals surface area contributed by atoms with Gasteiger partial charge in [-0.1, -0.05) is 0 Å². The molecule has 1 unspecified atom stereocenters. The van der Waals surface area contributed by atoms with Gasteiger partial charge >= 0.3 is 13.7 Å². The Hall–Kier alpha value is -1.30. The normalized spacial score (nSPS) is 11.4. The van der Waals surface area contributed by atoms with Crippen molar-refractivity contribution in [2.75, 3.05) is 18.7 Å². The van der Waals surface area contributed by atoms with Gasteiger partial charge < -0.3 is 10.5 Å². The van der Waals surface area contributed by atoms with Crippen LogP contribution >= 0.6 is 8.03 Å². The van der Waals surface area contributed by atoms with Crippen molar-refractivity contribution in [1.82, 2.24) is 9.55 Å². The first kappa shape index (κ1) is 11.8. The van der Waals surface area contributed by atoms with Crippen molar-refractivity contribution in [3.8, 4) is 0 Å². The lowest BCUT2D eigenvalue weighted by atomic mass is 10.5. The van der Waals surface area contributed by atoms with E-state index in [0.717, 1.165) is 0 Å². The fourth-order valence-electron chi connectivity index (χ4n) is 0.918. The van der Waals surface area contributed by atoms with Gasteiger partial charge in [-0.25, -0.2) is 4.79 Å². The summed E-state index contributed by atoms with van der Waals surface area (Å²) in [7, 11) is -2.29. The first-order valence-electron chi connectivity index (χ1n) is 4.14.